The van der Waals surface area contributed by atoms with Gasteiger partial charge in [0.1, 0.15) is 5.60 Å². The first-order valence-corrected chi connectivity index (χ1v) is 24.2. The van der Waals surface area contributed by atoms with Crippen LogP contribution in [0.3, 0.4) is 0 Å². The fourth-order valence-corrected chi connectivity index (χ4v) is 7.97. The van der Waals surface area contributed by atoms with Gasteiger partial charge in [0.2, 0.25) is 11.5 Å². The van der Waals surface area contributed by atoms with E-state index >= 15 is 0 Å². The van der Waals surface area contributed by atoms with E-state index in [0.717, 1.165) is 107 Å². The Bertz CT molecular complexity index is 1890. The molecular formula is C59H90O4. The number of hydrogen-bond acceptors (Lipinski definition) is 4. The van der Waals surface area contributed by atoms with Gasteiger partial charge in [0.25, 0.3) is 0 Å². The summed E-state index contributed by atoms with van der Waals surface area (Å²) in [5.74, 6) is 1.46. The molecule has 0 radical (unpaired) electrons. The standard InChI is InChI=1S/C59H90O4/c1-44(2)24-15-25-45(3)26-16-27-46(4)28-17-29-47(5)30-18-31-48(6)32-19-33-49(7)34-20-35-50(8)36-21-37-51(9)38-22-39-52(10)40-23-42-59(12)43-41-54-53(11)55(60)57(61-13)58(62-14)56(54)63-59/h24,26,28,30,32,34,36,38,40-41,43,60H,15-23,25,27,29,31,33,35,37,39,42H2,1-14H3/t59-/m1/s1. The largest absolute Gasteiger partial charge is 0.504 e. The summed E-state index contributed by atoms with van der Waals surface area (Å²) in [4.78, 5) is 0. The molecule has 1 aromatic rings. The minimum Gasteiger partial charge on any atom is -0.504 e. The van der Waals surface area contributed by atoms with E-state index in [1.54, 1.807) is 7.11 Å². The monoisotopic (exact) mass is 863 g/mol. The number of fused-ring (bicyclic) bond motifs is 1. The van der Waals surface area contributed by atoms with E-state index in [1.807, 2.05) is 13.0 Å². The van der Waals surface area contributed by atoms with Gasteiger partial charge < -0.3 is 19.3 Å². The lowest BCUT2D eigenvalue weighted by Gasteiger charge is -2.33. The van der Waals surface area contributed by atoms with Crippen LogP contribution in [0.5, 0.6) is 23.0 Å². The third-order valence-corrected chi connectivity index (χ3v) is 12.4. The van der Waals surface area contributed by atoms with Crippen molar-refractivity contribution in [3.05, 3.63) is 122 Å². The average molecular weight is 863 g/mol. The van der Waals surface area contributed by atoms with Crippen LogP contribution < -0.4 is 14.2 Å². The maximum Gasteiger partial charge on any atom is 0.207 e. The number of phenols is 1. The topological polar surface area (TPSA) is 47.9 Å². The second-order valence-corrected chi connectivity index (χ2v) is 19.1. The Balaban J connectivity index is 1.62. The van der Waals surface area contributed by atoms with Gasteiger partial charge in [-0.05, 0) is 205 Å². The highest BCUT2D eigenvalue weighted by Gasteiger charge is 2.33. The SMILES string of the molecule is COc1c(O)c(C)c2c(c1OC)O[C@](C)(CCC=C(C)CCC=C(C)CCC=C(C)CCC=C(C)CCC=C(C)CCC=C(C)CCC=C(C)CCC=C(C)CCC=C(C)C)C=C2. The molecule has 0 unspecified atom stereocenters. The molecule has 2 rings (SSSR count). The number of ether oxygens (including phenoxy) is 3. The van der Waals surface area contributed by atoms with E-state index in [4.69, 9.17) is 14.2 Å². The van der Waals surface area contributed by atoms with Crippen LogP contribution in [-0.4, -0.2) is 24.9 Å². The predicted molar refractivity (Wildman–Crippen MR) is 277 cm³/mol. The molecule has 0 amide bonds. The van der Waals surface area contributed by atoms with Crippen molar-refractivity contribution in [2.75, 3.05) is 14.2 Å². The van der Waals surface area contributed by atoms with Gasteiger partial charge in [-0.2, -0.15) is 0 Å². The maximum atomic E-state index is 10.6. The van der Waals surface area contributed by atoms with Crippen LogP contribution in [0.1, 0.15) is 203 Å². The van der Waals surface area contributed by atoms with Crippen molar-refractivity contribution >= 4 is 6.08 Å². The first-order chi connectivity index (χ1) is 30.0. The summed E-state index contributed by atoms with van der Waals surface area (Å²) in [7, 11) is 3.11. The van der Waals surface area contributed by atoms with Crippen LogP contribution in [0, 0.1) is 6.92 Å². The number of hydrogen-bond donors (Lipinski definition) is 1. The third kappa shape index (κ3) is 22.3. The highest BCUT2D eigenvalue weighted by molar-refractivity contribution is 5.76. The summed E-state index contributed by atoms with van der Waals surface area (Å²) in [5.41, 5.74) is 14.5. The zero-order valence-electron chi connectivity index (χ0n) is 42.8. The second-order valence-electron chi connectivity index (χ2n) is 19.1. The first kappa shape index (κ1) is 55.0. The Morgan fingerprint density at radius 1 is 0.492 bits per heavy atom. The Morgan fingerprint density at radius 3 is 1.10 bits per heavy atom. The smallest absolute Gasteiger partial charge is 0.207 e. The van der Waals surface area contributed by atoms with Crippen LogP contribution in [0.2, 0.25) is 0 Å². The normalized spacial score (nSPS) is 16.9. The number of benzene rings is 1. The van der Waals surface area contributed by atoms with Gasteiger partial charge >= 0.3 is 0 Å². The molecule has 0 bridgehead atoms. The lowest BCUT2D eigenvalue weighted by Crippen LogP contribution is -2.32. The summed E-state index contributed by atoms with van der Waals surface area (Å²) >= 11 is 0. The summed E-state index contributed by atoms with van der Waals surface area (Å²) in [6.07, 6.45) is 46.0. The van der Waals surface area contributed by atoms with E-state index in [0.29, 0.717) is 17.2 Å². The number of phenolic OH excluding ortho intramolecular Hbond substituents is 1. The van der Waals surface area contributed by atoms with Crippen LogP contribution in [0.4, 0.5) is 0 Å². The second kappa shape index (κ2) is 30.0. The molecule has 1 atom stereocenters. The van der Waals surface area contributed by atoms with Gasteiger partial charge in [0.05, 0.1) is 14.2 Å². The molecule has 4 heteroatoms. The summed E-state index contributed by atoms with van der Waals surface area (Å²) in [5, 5.41) is 10.6. The van der Waals surface area contributed by atoms with E-state index < -0.39 is 5.60 Å². The molecule has 4 nitrogen and oxygen atoms in total. The Kier molecular flexibility index (Phi) is 26.2. The Hall–Kier alpha value is -4.18. The highest BCUT2D eigenvalue weighted by Crippen LogP contribution is 2.52. The quantitative estimate of drug-likeness (QED) is 0.0815. The van der Waals surface area contributed by atoms with Gasteiger partial charge in [0.15, 0.2) is 11.5 Å². The molecule has 0 fully saturated rings. The molecule has 0 saturated carbocycles. The average Bonchev–Trinajstić information content (AvgIpc) is 3.21. The van der Waals surface area contributed by atoms with E-state index in [9.17, 15) is 5.11 Å². The van der Waals surface area contributed by atoms with Crippen LogP contribution >= 0.6 is 0 Å². The Labute approximate surface area is 387 Å². The number of aromatic hydroxyl groups is 1. The molecule has 0 spiro atoms. The number of allylic oxidation sites excluding steroid dienone is 18. The van der Waals surface area contributed by atoms with Gasteiger partial charge in [-0.15, -0.1) is 0 Å². The van der Waals surface area contributed by atoms with E-state index in [1.165, 1.54) is 76.5 Å². The molecule has 1 heterocycles. The fraction of sp³-hybridized carbons (Fsp3) is 0.559. The van der Waals surface area contributed by atoms with Crippen molar-refractivity contribution in [1.29, 1.82) is 0 Å². The summed E-state index contributed by atoms with van der Waals surface area (Å²) < 4.78 is 17.6. The molecule has 1 N–H and O–H groups in total. The lowest BCUT2D eigenvalue weighted by atomic mass is 9.92. The van der Waals surface area contributed by atoms with Gasteiger partial charge in [0, 0.05) is 11.1 Å². The third-order valence-electron chi connectivity index (χ3n) is 12.4. The van der Waals surface area contributed by atoms with Crippen molar-refractivity contribution in [2.45, 2.75) is 204 Å². The molecule has 0 aliphatic carbocycles. The molecule has 350 valence electrons. The zero-order chi connectivity index (χ0) is 46.8. The van der Waals surface area contributed by atoms with Gasteiger partial charge in [-0.3, -0.25) is 0 Å². The number of methoxy groups -OCH3 is 2. The van der Waals surface area contributed by atoms with Crippen molar-refractivity contribution in [3.8, 4) is 23.0 Å². The van der Waals surface area contributed by atoms with Gasteiger partial charge in [-0.1, -0.05) is 111 Å². The van der Waals surface area contributed by atoms with Crippen molar-refractivity contribution in [2.24, 2.45) is 0 Å². The molecule has 1 aliphatic heterocycles. The highest BCUT2D eigenvalue weighted by atomic mass is 16.5. The van der Waals surface area contributed by atoms with Gasteiger partial charge in [-0.25, -0.2) is 0 Å². The molecule has 0 saturated heterocycles. The molecule has 63 heavy (non-hydrogen) atoms. The molecule has 1 aliphatic rings. The van der Waals surface area contributed by atoms with Crippen LogP contribution in [0.25, 0.3) is 6.08 Å². The van der Waals surface area contributed by atoms with E-state index in [-0.39, 0.29) is 5.75 Å². The first-order valence-electron chi connectivity index (χ1n) is 24.2. The van der Waals surface area contributed by atoms with Crippen LogP contribution in [-0.2, 0) is 0 Å². The van der Waals surface area contributed by atoms with E-state index in [2.05, 4.69) is 137 Å². The minimum atomic E-state index is -0.474. The maximum absolute atomic E-state index is 10.6. The van der Waals surface area contributed by atoms with Crippen LogP contribution in [0.15, 0.2) is 111 Å². The minimum absolute atomic E-state index is 0.0867. The van der Waals surface area contributed by atoms with Crippen molar-refractivity contribution < 1.29 is 19.3 Å². The van der Waals surface area contributed by atoms with Crippen molar-refractivity contribution in [3.63, 3.8) is 0 Å². The van der Waals surface area contributed by atoms with Crippen molar-refractivity contribution in [1.82, 2.24) is 0 Å². The fourth-order valence-electron chi connectivity index (χ4n) is 7.97. The molecular weight excluding hydrogens is 773 g/mol. The lowest BCUT2D eigenvalue weighted by molar-refractivity contribution is 0.122. The predicted octanol–water partition coefficient (Wildman–Crippen LogP) is 18.4. The Morgan fingerprint density at radius 2 is 0.794 bits per heavy atom. The zero-order valence-corrected chi connectivity index (χ0v) is 42.8. The summed E-state index contributed by atoms with van der Waals surface area (Å²) in [6, 6.07) is 0. The molecule has 1 aromatic carbocycles. The number of rotatable bonds is 29. The molecule has 0 aromatic heterocycles. The summed E-state index contributed by atoms with van der Waals surface area (Å²) in [6.45, 7) is 26.6.